The summed E-state index contributed by atoms with van der Waals surface area (Å²) in [7, 11) is 0. The summed E-state index contributed by atoms with van der Waals surface area (Å²) < 4.78 is 0. The van der Waals surface area contributed by atoms with Crippen LogP contribution in [0.1, 0.15) is 52.7 Å². The summed E-state index contributed by atoms with van der Waals surface area (Å²) in [6, 6.07) is 73.4. The molecule has 0 bridgehead atoms. The fourth-order valence-electron chi connectivity index (χ4n) is 12.6. The molecule has 0 atom stereocenters. The first-order chi connectivity index (χ1) is 30.5. The van der Waals surface area contributed by atoms with Gasteiger partial charge in [0, 0.05) is 5.41 Å². The molecule has 0 aromatic heterocycles. The highest BCUT2D eigenvalue weighted by molar-refractivity contribution is 6.24. The van der Waals surface area contributed by atoms with E-state index in [1.54, 1.807) is 0 Å². The molecule has 1 aliphatic rings. The first kappa shape index (κ1) is 37.7. The lowest BCUT2D eigenvalue weighted by atomic mass is 9.49. The Morgan fingerprint density at radius 3 is 1.32 bits per heavy atom. The van der Waals surface area contributed by atoms with E-state index in [9.17, 15) is 0 Å². The van der Waals surface area contributed by atoms with Crippen LogP contribution in [0, 0.1) is 10.8 Å². The smallest absolute Gasteiger partial charge is 0.0318 e. The first-order valence-electron chi connectivity index (χ1n) is 22.6. The second kappa shape index (κ2) is 13.5. The molecule has 0 radical (unpaired) electrons. The zero-order valence-corrected chi connectivity index (χ0v) is 37.0. The van der Waals surface area contributed by atoms with Crippen LogP contribution in [0.15, 0.2) is 194 Å². The fourth-order valence-corrected chi connectivity index (χ4v) is 12.6. The minimum absolute atomic E-state index is 0.102. The van der Waals surface area contributed by atoms with Crippen molar-refractivity contribution in [3.8, 4) is 44.5 Å². The van der Waals surface area contributed by atoms with Gasteiger partial charge in [-0.2, -0.15) is 0 Å². The van der Waals surface area contributed by atoms with Crippen LogP contribution in [0.4, 0.5) is 0 Å². The molecule has 0 N–H and O–H groups in total. The van der Waals surface area contributed by atoms with E-state index < -0.39 is 0 Å². The number of hydrogen-bond donors (Lipinski definition) is 0. The lowest BCUT2D eigenvalue weighted by molar-refractivity contribution is 0.0965. The van der Waals surface area contributed by atoms with Gasteiger partial charge in [0.15, 0.2) is 0 Å². The number of rotatable bonds is 3. The van der Waals surface area contributed by atoms with Crippen LogP contribution in [0.2, 0.25) is 0 Å². The Morgan fingerprint density at radius 1 is 0.286 bits per heavy atom. The molecule has 0 saturated heterocycles. The zero-order valence-electron chi connectivity index (χ0n) is 37.0. The Morgan fingerprint density at radius 2 is 0.730 bits per heavy atom. The van der Waals surface area contributed by atoms with E-state index in [2.05, 4.69) is 236 Å². The van der Waals surface area contributed by atoms with Gasteiger partial charge in [-0.15, -0.1) is 0 Å². The summed E-state index contributed by atoms with van der Waals surface area (Å²) in [6.45, 7) is 14.8. The molecule has 0 unspecified atom stereocenters. The highest BCUT2D eigenvalue weighted by Crippen LogP contribution is 2.67. The van der Waals surface area contributed by atoms with E-state index in [0.717, 1.165) is 0 Å². The third-order valence-corrected chi connectivity index (χ3v) is 14.7. The van der Waals surface area contributed by atoms with Gasteiger partial charge in [-0.1, -0.05) is 205 Å². The summed E-state index contributed by atoms with van der Waals surface area (Å²) in [5.41, 5.74) is 12.7. The summed E-state index contributed by atoms with van der Waals surface area (Å²) in [5, 5.41) is 15.5. The van der Waals surface area contributed by atoms with E-state index >= 15 is 0 Å². The molecule has 0 aliphatic heterocycles. The highest BCUT2D eigenvalue weighted by atomic mass is 14.6. The van der Waals surface area contributed by atoms with Crippen LogP contribution >= 0.6 is 0 Å². The molecule has 302 valence electrons. The highest BCUT2D eigenvalue weighted by Gasteiger charge is 2.58. The lowest BCUT2D eigenvalue weighted by Gasteiger charge is -2.53. The van der Waals surface area contributed by atoms with Crippen LogP contribution in [0.5, 0.6) is 0 Å². The van der Waals surface area contributed by atoms with Gasteiger partial charge in [-0.25, -0.2) is 0 Å². The van der Waals surface area contributed by atoms with Crippen LogP contribution in [-0.4, -0.2) is 0 Å². The Hall–Kier alpha value is -7.02. The first-order valence-corrected chi connectivity index (χ1v) is 22.6. The third kappa shape index (κ3) is 5.34. The average molecular weight is 807 g/mol. The Kier molecular flexibility index (Phi) is 8.08. The molecule has 0 spiro atoms. The molecule has 0 heterocycles. The second-order valence-electron chi connectivity index (χ2n) is 20.0. The quantitative estimate of drug-likeness (QED) is 0.123. The van der Waals surface area contributed by atoms with E-state index in [4.69, 9.17) is 0 Å². The van der Waals surface area contributed by atoms with Gasteiger partial charge in [0.05, 0.1) is 0 Å². The van der Waals surface area contributed by atoms with Crippen molar-refractivity contribution in [1.82, 2.24) is 0 Å². The maximum Gasteiger partial charge on any atom is 0.0318 e. The Bertz CT molecular complexity index is 3620. The minimum atomic E-state index is -0.277. The largest absolute Gasteiger partial charge is 0.0616 e. The van der Waals surface area contributed by atoms with Crippen molar-refractivity contribution in [2.75, 3.05) is 0 Å². The molecule has 63 heavy (non-hydrogen) atoms. The summed E-state index contributed by atoms with van der Waals surface area (Å²) in [6.07, 6.45) is 0. The maximum absolute atomic E-state index is 2.54. The monoisotopic (exact) mass is 806 g/mol. The third-order valence-electron chi connectivity index (χ3n) is 14.7. The Labute approximate surface area is 370 Å². The summed E-state index contributed by atoms with van der Waals surface area (Å²) in [5.74, 6) is 0. The molecule has 0 fully saturated rings. The molecular weight excluding hydrogens is 757 g/mol. The van der Waals surface area contributed by atoms with Crippen molar-refractivity contribution in [2.24, 2.45) is 10.8 Å². The molecule has 11 aromatic rings. The molecule has 0 nitrogen and oxygen atoms in total. The molecule has 11 aromatic carbocycles. The minimum Gasteiger partial charge on any atom is -0.0616 e. The SMILES string of the molecule is CC(C)(C)C1(C(C)(C)C)c2cc3ccccc3cc2-c2c1c1ccc(-c3c4ccccc4c(-c4cccc(-c5ccc6ccccc6c5)c4)c4ccccc34)cc1c1ccccc21. The van der Waals surface area contributed by atoms with Gasteiger partial charge in [0.2, 0.25) is 0 Å². The summed E-state index contributed by atoms with van der Waals surface area (Å²) in [4.78, 5) is 0. The van der Waals surface area contributed by atoms with E-state index in [-0.39, 0.29) is 16.2 Å². The topological polar surface area (TPSA) is 0 Å². The second-order valence-corrected chi connectivity index (χ2v) is 20.0. The van der Waals surface area contributed by atoms with E-state index in [1.807, 2.05) is 0 Å². The standard InChI is InChI=1S/C63H50/c1-61(2,3)63(62(4,5)6)56-38-43-21-10-9-20-42(43)36-55(56)59-48-25-12-11-24-47(48)54-37-46(32-33-53(54)60(59)63)58-51-28-15-13-26-49(51)57(50-27-14-16-29-52(50)58)45-23-17-22-41(35-45)44-31-30-39-18-7-8-19-40(39)34-44/h7-38H,1-6H3. The lowest BCUT2D eigenvalue weighted by Crippen LogP contribution is -2.50. The van der Waals surface area contributed by atoms with Gasteiger partial charge in [0.1, 0.15) is 0 Å². The molecule has 12 rings (SSSR count). The predicted molar refractivity (Wildman–Crippen MR) is 273 cm³/mol. The van der Waals surface area contributed by atoms with Crippen molar-refractivity contribution >= 4 is 64.6 Å². The van der Waals surface area contributed by atoms with Gasteiger partial charge in [0.25, 0.3) is 0 Å². The average Bonchev–Trinajstić information content (AvgIpc) is 3.62. The molecule has 0 saturated carbocycles. The Balaban J connectivity index is 1.14. The molecular formula is C63H50. The van der Waals surface area contributed by atoms with Gasteiger partial charge < -0.3 is 0 Å². The van der Waals surface area contributed by atoms with Crippen molar-refractivity contribution in [3.05, 3.63) is 205 Å². The maximum atomic E-state index is 2.54. The van der Waals surface area contributed by atoms with E-state index in [0.29, 0.717) is 0 Å². The van der Waals surface area contributed by atoms with Crippen LogP contribution in [0.25, 0.3) is 109 Å². The van der Waals surface area contributed by atoms with Crippen LogP contribution in [0.3, 0.4) is 0 Å². The predicted octanol–water partition coefficient (Wildman–Crippen LogP) is 18.0. The number of hydrogen-bond acceptors (Lipinski definition) is 0. The zero-order chi connectivity index (χ0) is 42.8. The number of benzene rings is 11. The molecule has 1 aliphatic carbocycles. The van der Waals surface area contributed by atoms with Crippen molar-refractivity contribution in [2.45, 2.75) is 47.0 Å². The molecule has 0 heteroatoms. The van der Waals surface area contributed by atoms with E-state index in [1.165, 1.54) is 120 Å². The summed E-state index contributed by atoms with van der Waals surface area (Å²) >= 11 is 0. The van der Waals surface area contributed by atoms with Crippen molar-refractivity contribution in [1.29, 1.82) is 0 Å². The van der Waals surface area contributed by atoms with Gasteiger partial charge in [-0.05, 0) is 161 Å². The van der Waals surface area contributed by atoms with Gasteiger partial charge >= 0.3 is 0 Å². The van der Waals surface area contributed by atoms with Crippen molar-refractivity contribution < 1.29 is 0 Å². The fraction of sp³-hybridized carbons (Fsp3) is 0.143. The van der Waals surface area contributed by atoms with Crippen LogP contribution in [-0.2, 0) is 5.41 Å². The molecule has 0 amide bonds. The normalized spacial score (nSPS) is 13.7. The number of fused-ring (bicyclic) bond motifs is 12. The van der Waals surface area contributed by atoms with Crippen molar-refractivity contribution in [3.63, 3.8) is 0 Å². The van der Waals surface area contributed by atoms with Crippen LogP contribution < -0.4 is 0 Å². The van der Waals surface area contributed by atoms with Gasteiger partial charge in [-0.3, -0.25) is 0 Å².